The fourth-order valence-corrected chi connectivity index (χ4v) is 1.04. The fraction of sp³-hybridized carbons (Fsp3) is 0.231. The van der Waals surface area contributed by atoms with E-state index in [1.807, 2.05) is 30.3 Å². The minimum Gasteiger partial charge on any atom is -0.380 e. The average molecular weight is 186 g/mol. The largest absolute Gasteiger partial charge is 0.380 e. The van der Waals surface area contributed by atoms with E-state index in [4.69, 9.17) is 0 Å². The predicted molar refractivity (Wildman–Crippen MR) is 58.8 cm³/mol. The van der Waals surface area contributed by atoms with Gasteiger partial charge in [0, 0.05) is 5.56 Å². The summed E-state index contributed by atoms with van der Waals surface area (Å²) in [5, 5.41) is 9.42. The van der Waals surface area contributed by atoms with Crippen molar-refractivity contribution in [2.45, 2.75) is 18.9 Å². The standard InChI is InChI=1S/C13H14O/c1-2-3-9-13(14)11-10-12-7-5-4-6-8-12/h2,4-8,13-14H,1,3,9H2/t13-/m0/s1. The second-order valence-electron chi connectivity index (χ2n) is 3.02. The van der Waals surface area contributed by atoms with Gasteiger partial charge in [-0.2, -0.15) is 0 Å². The molecule has 0 aliphatic rings. The van der Waals surface area contributed by atoms with E-state index in [2.05, 4.69) is 18.4 Å². The average Bonchev–Trinajstić information content (AvgIpc) is 2.25. The zero-order valence-electron chi connectivity index (χ0n) is 8.11. The highest BCUT2D eigenvalue weighted by Gasteiger charge is 1.95. The van der Waals surface area contributed by atoms with Gasteiger partial charge >= 0.3 is 0 Å². The van der Waals surface area contributed by atoms with E-state index in [1.165, 1.54) is 0 Å². The minimum atomic E-state index is -0.548. The van der Waals surface area contributed by atoms with Crippen molar-refractivity contribution in [1.29, 1.82) is 0 Å². The normalized spacial score (nSPS) is 11.2. The first-order valence-electron chi connectivity index (χ1n) is 4.68. The maximum Gasteiger partial charge on any atom is 0.115 e. The lowest BCUT2D eigenvalue weighted by Crippen LogP contribution is -2.01. The van der Waals surface area contributed by atoms with Gasteiger partial charge in [0.15, 0.2) is 0 Å². The third-order valence-electron chi connectivity index (χ3n) is 1.80. The van der Waals surface area contributed by atoms with E-state index in [1.54, 1.807) is 6.08 Å². The van der Waals surface area contributed by atoms with E-state index in [0.29, 0.717) is 6.42 Å². The third kappa shape index (κ3) is 3.93. The summed E-state index contributed by atoms with van der Waals surface area (Å²) < 4.78 is 0. The number of aliphatic hydroxyl groups is 1. The topological polar surface area (TPSA) is 20.2 Å². The smallest absolute Gasteiger partial charge is 0.115 e. The van der Waals surface area contributed by atoms with Crippen LogP contribution in [-0.4, -0.2) is 11.2 Å². The molecule has 0 amide bonds. The molecule has 1 heteroatoms. The van der Waals surface area contributed by atoms with Gasteiger partial charge < -0.3 is 5.11 Å². The first-order valence-corrected chi connectivity index (χ1v) is 4.68. The second-order valence-corrected chi connectivity index (χ2v) is 3.02. The van der Waals surface area contributed by atoms with Gasteiger partial charge in [0.05, 0.1) is 0 Å². The molecule has 0 aliphatic heterocycles. The number of aliphatic hydroxyl groups excluding tert-OH is 1. The van der Waals surface area contributed by atoms with Crippen LogP contribution in [0.1, 0.15) is 18.4 Å². The number of benzene rings is 1. The molecule has 0 radical (unpaired) electrons. The summed E-state index contributed by atoms with van der Waals surface area (Å²) in [6, 6.07) is 9.65. The molecule has 14 heavy (non-hydrogen) atoms. The molecule has 1 aromatic carbocycles. The maximum absolute atomic E-state index is 9.42. The van der Waals surface area contributed by atoms with E-state index in [9.17, 15) is 5.11 Å². The molecule has 0 unspecified atom stereocenters. The second kappa shape index (κ2) is 6.01. The van der Waals surface area contributed by atoms with Gasteiger partial charge in [0.25, 0.3) is 0 Å². The van der Waals surface area contributed by atoms with E-state index >= 15 is 0 Å². The summed E-state index contributed by atoms with van der Waals surface area (Å²) >= 11 is 0. The molecular weight excluding hydrogens is 172 g/mol. The number of rotatable bonds is 3. The van der Waals surface area contributed by atoms with Gasteiger partial charge in [-0.3, -0.25) is 0 Å². The molecule has 1 aromatic rings. The van der Waals surface area contributed by atoms with Crippen LogP contribution < -0.4 is 0 Å². The summed E-state index contributed by atoms with van der Waals surface area (Å²) in [6.45, 7) is 3.59. The van der Waals surface area contributed by atoms with Gasteiger partial charge in [0.1, 0.15) is 6.10 Å². The zero-order chi connectivity index (χ0) is 10.2. The molecule has 0 heterocycles. The van der Waals surface area contributed by atoms with Crippen LogP contribution >= 0.6 is 0 Å². The van der Waals surface area contributed by atoms with Crippen LogP contribution in [-0.2, 0) is 0 Å². The van der Waals surface area contributed by atoms with Crippen LogP contribution in [0.2, 0.25) is 0 Å². The Balaban J connectivity index is 2.51. The Morgan fingerprint density at radius 2 is 2.07 bits per heavy atom. The van der Waals surface area contributed by atoms with Crippen LogP contribution in [0, 0.1) is 11.8 Å². The SMILES string of the molecule is C=CCC[C@H](O)C#Cc1ccccc1. The molecule has 0 spiro atoms. The van der Waals surface area contributed by atoms with Crippen molar-refractivity contribution in [2.24, 2.45) is 0 Å². The van der Waals surface area contributed by atoms with Crippen molar-refractivity contribution in [2.75, 3.05) is 0 Å². The summed E-state index contributed by atoms with van der Waals surface area (Å²) in [5.41, 5.74) is 0.935. The highest BCUT2D eigenvalue weighted by atomic mass is 16.3. The first kappa shape index (κ1) is 10.6. The van der Waals surface area contributed by atoms with Gasteiger partial charge in [-0.1, -0.05) is 36.1 Å². The highest BCUT2D eigenvalue weighted by molar-refractivity contribution is 5.34. The molecule has 0 saturated carbocycles. The molecular formula is C13H14O. The molecule has 0 bridgehead atoms. The Labute approximate surface area is 85.1 Å². The van der Waals surface area contributed by atoms with Crippen molar-refractivity contribution in [1.82, 2.24) is 0 Å². The van der Waals surface area contributed by atoms with Crippen molar-refractivity contribution in [3.05, 3.63) is 48.6 Å². The lowest BCUT2D eigenvalue weighted by molar-refractivity contribution is 0.223. The summed E-state index contributed by atoms with van der Waals surface area (Å²) in [6.07, 6.45) is 2.69. The van der Waals surface area contributed by atoms with Gasteiger partial charge in [-0.25, -0.2) is 0 Å². The van der Waals surface area contributed by atoms with Crippen LogP contribution in [0.5, 0.6) is 0 Å². The van der Waals surface area contributed by atoms with E-state index < -0.39 is 6.10 Å². The molecule has 1 rings (SSSR count). The molecule has 0 aromatic heterocycles. The molecule has 0 fully saturated rings. The molecule has 0 saturated heterocycles. The highest BCUT2D eigenvalue weighted by Crippen LogP contribution is 1.98. The zero-order valence-corrected chi connectivity index (χ0v) is 8.11. The summed E-state index contributed by atoms with van der Waals surface area (Å²) in [7, 11) is 0. The number of hydrogen-bond donors (Lipinski definition) is 1. The molecule has 1 N–H and O–H groups in total. The molecule has 1 atom stereocenters. The molecule has 0 aliphatic carbocycles. The Bertz CT molecular complexity index is 329. The van der Waals surface area contributed by atoms with Crippen LogP contribution in [0.25, 0.3) is 0 Å². The van der Waals surface area contributed by atoms with Crippen LogP contribution in [0.4, 0.5) is 0 Å². The summed E-state index contributed by atoms with van der Waals surface area (Å²) in [5.74, 6) is 5.71. The Kier molecular flexibility index (Phi) is 4.54. The Morgan fingerprint density at radius 3 is 2.71 bits per heavy atom. The Morgan fingerprint density at radius 1 is 1.36 bits per heavy atom. The van der Waals surface area contributed by atoms with E-state index in [-0.39, 0.29) is 0 Å². The number of allylic oxidation sites excluding steroid dienone is 1. The first-order chi connectivity index (χ1) is 6.83. The Hall–Kier alpha value is -1.52. The fourth-order valence-electron chi connectivity index (χ4n) is 1.04. The minimum absolute atomic E-state index is 0.548. The molecule has 72 valence electrons. The lowest BCUT2D eigenvalue weighted by Gasteiger charge is -1.98. The monoisotopic (exact) mass is 186 g/mol. The van der Waals surface area contributed by atoms with Crippen molar-refractivity contribution in [3.8, 4) is 11.8 Å². The van der Waals surface area contributed by atoms with Gasteiger partial charge in [0.2, 0.25) is 0 Å². The third-order valence-corrected chi connectivity index (χ3v) is 1.80. The quantitative estimate of drug-likeness (QED) is 0.567. The van der Waals surface area contributed by atoms with Crippen LogP contribution in [0.3, 0.4) is 0 Å². The molecule has 1 nitrogen and oxygen atoms in total. The van der Waals surface area contributed by atoms with Crippen molar-refractivity contribution >= 4 is 0 Å². The maximum atomic E-state index is 9.42. The summed E-state index contributed by atoms with van der Waals surface area (Å²) in [4.78, 5) is 0. The van der Waals surface area contributed by atoms with Crippen LogP contribution in [0.15, 0.2) is 43.0 Å². The van der Waals surface area contributed by atoms with E-state index in [0.717, 1.165) is 12.0 Å². The lowest BCUT2D eigenvalue weighted by atomic mass is 10.1. The van der Waals surface area contributed by atoms with Gasteiger partial charge in [-0.05, 0) is 25.0 Å². The number of hydrogen-bond acceptors (Lipinski definition) is 1. The van der Waals surface area contributed by atoms with Crippen molar-refractivity contribution < 1.29 is 5.11 Å². The van der Waals surface area contributed by atoms with Gasteiger partial charge in [-0.15, -0.1) is 6.58 Å². The van der Waals surface area contributed by atoms with Crippen molar-refractivity contribution in [3.63, 3.8) is 0 Å². The predicted octanol–water partition coefficient (Wildman–Crippen LogP) is 2.37.